The second-order valence-electron chi connectivity index (χ2n) is 27.2. The number of nitrogens with one attached hydrogen (secondary N) is 12. The summed E-state index contributed by atoms with van der Waals surface area (Å²) in [7, 11) is 0. The average molecular weight is 1530 g/mol. The van der Waals surface area contributed by atoms with Gasteiger partial charge >= 0.3 is 0 Å². The Morgan fingerprint density at radius 3 is 1.19 bits per heavy atom. The summed E-state index contributed by atoms with van der Waals surface area (Å²) in [4.78, 5) is 212. The molecule has 0 heterocycles. The van der Waals surface area contributed by atoms with Crippen LogP contribution < -0.4 is 115 Å². The fourth-order valence-corrected chi connectivity index (χ4v) is 10.8. The smallest absolute Gasteiger partial charge is 0.243 e. The number of nitrogens with zero attached hydrogens (tertiary/aromatic N) is 2. The van der Waals surface area contributed by atoms with Crippen molar-refractivity contribution in [3.63, 3.8) is 0 Å². The average Bonchev–Trinajstić information content (AvgIpc) is 0.852. The number of aromatic hydroxyl groups is 1. The normalized spacial score (nSPS) is 14.1. The number of rotatable bonds is 56. The minimum absolute atomic E-state index is 0.0173. The molecular weight excluding hydrogens is 1410 g/mol. The van der Waals surface area contributed by atoms with E-state index in [4.69, 9.17) is 51.6 Å². The molecule has 607 valence electrons. The lowest BCUT2D eigenvalue weighted by Gasteiger charge is -2.29. The van der Waals surface area contributed by atoms with Crippen molar-refractivity contribution < 1.29 is 77.0 Å². The van der Waals surface area contributed by atoms with E-state index in [1.54, 1.807) is 27.7 Å². The zero-order valence-electron chi connectivity index (χ0n) is 63.2. The lowest BCUT2D eigenvalue weighted by atomic mass is 10.00. The second kappa shape index (κ2) is 52.6. The Balaban J connectivity index is 3.88. The predicted octanol–water partition coefficient (Wildman–Crippen LogP) is -6.20. The summed E-state index contributed by atoms with van der Waals surface area (Å²) in [6.07, 6.45) is 1.35. The van der Waals surface area contributed by atoms with Crippen molar-refractivity contribution in [3.8, 4) is 5.75 Å². The number of carbonyl (C=O) groups is 15. The summed E-state index contributed by atoms with van der Waals surface area (Å²) in [5, 5.41) is 41.4. The number of aldehydes is 1. The molecule has 39 heteroatoms. The standard InChI is InChI=1S/C69H120N23O16/c1-8-54(97)91-56(39(4)5)66(107)90-50(33-38(2)3)58(99)81-36-55(98)83-44(17-9-12-28-70)60(101)84-47(20-15-31-79-68(75)76)62(103)89-51(34-41-22-24-43(94)25-23-41)65(106)86-46(19-11-14-30-72)61(102)87-49(26-27-52(73)95)63(104)85-48(21-16-32-80-69(77)78)64(105)92-57(40(6)7)67(108)88-45(18-10-13-29-71)59(100)82-42(37-93)35-53(74)96/h8,22-25,37-40,42,44-51,56-57,94H,9-21,26-36,70-72H2,1-7H3,(H2,73,95)(H2,74,96)(H,81,99)(H,82,100)(H,83,98)(H,84,101)(H,85,104)(H,86,106)(H,87,102)(H,88,108)(H,89,103)(H,90,107)(H,91,97)(H,92,105)(H4,75,76,79)(H4,77,78,80). The number of unbranched alkanes of at least 4 members (excludes halogenated alkanes) is 3. The van der Waals surface area contributed by atoms with Crippen LogP contribution in [0.1, 0.15) is 163 Å². The summed E-state index contributed by atoms with van der Waals surface area (Å²) >= 11 is 0. The van der Waals surface area contributed by atoms with E-state index in [1.807, 2.05) is 13.8 Å². The number of nitrogens with two attached hydrogens (primary N) is 9. The summed E-state index contributed by atoms with van der Waals surface area (Å²) in [6.45, 7) is 11.5. The highest BCUT2D eigenvalue weighted by atomic mass is 16.3. The zero-order chi connectivity index (χ0) is 81.6. The Labute approximate surface area is 630 Å². The first-order chi connectivity index (χ1) is 51.0. The lowest BCUT2D eigenvalue weighted by Crippen LogP contribution is -2.61. The van der Waals surface area contributed by atoms with E-state index >= 15 is 0 Å². The van der Waals surface area contributed by atoms with Gasteiger partial charge in [-0.05, 0) is 151 Å². The van der Waals surface area contributed by atoms with Crippen LogP contribution in [-0.2, 0) is 78.3 Å². The molecule has 0 aromatic heterocycles. The van der Waals surface area contributed by atoms with E-state index in [0.29, 0.717) is 44.0 Å². The molecule has 0 aliphatic rings. The van der Waals surface area contributed by atoms with Crippen molar-refractivity contribution in [2.45, 2.75) is 231 Å². The van der Waals surface area contributed by atoms with Gasteiger partial charge in [-0.3, -0.25) is 77.1 Å². The quantitative estimate of drug-likeness (QED) is 0.0125. The number of primary amides is 2. The van der Waals surface area contributed by atoms with Crippen molar-refractivity contribution in [3.05, 3.63) is 36.2 Å². The van der Waals surface area contributed by atoms with Crippen molar-refractivity contribution in [1.29, 1.82) is 0 Å². The largest absolute Gasteiger partial charge is 0.508 e. The number of hydrogen-bond donors (Lipinski definition) is 22. The molecule has 0 aliphatic heterocycles. The number of amides is 14. The minimum atomic E-state index is -1.68. The van der Waals surface area contributed by atoms with E-state index in [1.165, 1.54) is 37.6 Å². The number of guanidine groups is 2. The molecule has 0 aliphatic carbocycles. The van der Waals surface area contributed by atoms with Crippen LogP contribution in [0.3, 0.4) is 0 Å². The van der Waals surface area contributed by atoms with Gasteiger partial charge in [0.2, 0.25) is 82.7 Å². The molecule has 31 N–H and O–H groups in total. The Hall–Kier alpha value is -10.3. The first kappa shape index (κ1) is 95.7. The predicted molar refractivity (Wildman–Crippen MR) is 402 cm³/mol. The maximum absolute atomic E-state index is 14.9. The van der Waals surface area contributed by atoms with Crippen molar-refractivity contribution in [1.82, 2.24) is 63.8 Å². The van der Waals surface area contributed by atoms with Gasteiger partial charge < -0.3 is 125 Å². The van der Waals surface area contributed by atoms with Crippen LogP contribution in [0, 0.1) is 24.2 Å². The third kappa shape index (κ3) is 39.9. The highest BCUT2D eigenvalue weighted by molar-refractivity contribution is 6.00. The Morgan fingerprint density at radius 2 is 0.796 bits per heavy atom. The monoisotopic (exact) mass is 1530 g/mol. The second-order valence-corrected chi connectivity index (χ2v) is 27.2. The molecule has 0 fully saturated rings. The fraction of sp³-hybridized carbons (Fsp3) is 0.652. The van der Waals surface area contributed by atoms with Crippen molar-refractivity contribution in [2.75, 3.05) is 39.3 Å². The summed E-state index contributed by atoms with van der Waals surface area (Å²) in [5.74, 6) is -14.0. The van der Waals surface area contributed by atoms with Crippen LogP contribution in [0.5, 0.6) is 5.75 Å². The molecule has 0 saturated carbocycles. The van der Waals surface area contributed by atoms with Crippen LogP contribution >= 0.6 is 0 Å². The molecule has 0 bridgehead atoms. The first-order valence-corrected chi connectivity index (χ1v) is 36.4. The zero-order valence-corrected chi connectivity index (χ0v) is 63.2. The lowest BCUT2D eigenvalue weighted by molar-refractivity contribution is -0.136. The van der Waals surface area contributed by atoms with Gasteiger partial charge in [0.1, 0.15) is 72.5 Å². The van der Waals surface area contributed by atoms with E-state index in [2.05, 4.69) is 73.8 Å². The molecule has 1 radical (unpaired) electrons. The number of aliphatic imine (C=N–C) groups is 2. The third-order valence-electron chi connectivity index (χ3n) is 16.7. The van der Waals surface area contributed by atoms with Crippen LogP contribution in [-0.4, -0.2) is 212 Å². The summed E-state index contributed by atoms with van der Waals surface area (Å²) < 4.78 is 0. The molecule has 11 atom stereocenters. The SMILES string of the molecule is C[CH]C(=O)NC(C(=O)NC(CC(C)C)C(=O)NCC(=O)NC(CCCCN)C(=O)NC(CCCN=C(N)N)C(=O)NC(Cc1ccc(O)cc1)C(=O)NC(CCCCN)C(=O)NC(CCC(N)=O)C(=O)NC(CCCN=C(N)N)C(=O)NC(C(=O)NC(CCCCN)C(=O)NC(C=O)CC(N)=O)C(C)C)C(C)C. The maximum Gasteiger partial charge on any atom is 0.243 e. The van der Waals surface area contributed by atoms with Crippen LogP contribution in [0.2, 0.25) is 0 Å². The maximum atomic E-state index is 14.9. The third-order valence-corrected chi connectivity index (χ3v) is 16.7. The molecule has 11 unspecified atom stereocenters. The molecule has 0 spiro atoms. The van der Waals surface area contributed by atoms with Gasteiger partial charge in [0, 0.05) is 32.4 Å². The minimum Gasteiger partial charge on any atom is -0.508 e. The van der Waals surface area contributed by atoms with E-state index in [0.717, 1.165) is 0 Å². The van der Waals surface area contributed by atoms with Gasteiger partial charge in [0.05, 0.1) is 19.0 Å². The molecule has 39 nitrogen and oxygen atoms in total. The van der Waals surface area contributed by atoms with Crippen molar-refractivity contribution in [2.24, 2.45) is 79.3 Å². The van der Waals surface area contributed by atoms with Gasteiger partial charge in [-0.2, -0.15) is 0 Å². The van der Waals surface area contributed by atoms with E-state index in [9.17, 15) is 77.0 Å². The molecule has 1 rings (SSSR count). The molecule has 0 saturated heterocycles. The van der Waals surface area contributed by atoms with Crippen LogP contribution in [0.25, 0.3) is 0 Å². The molecule has 1 aromatic carbocycles. The highest BCUT2D eigenvalue weighted by Crippen LogP contribution is 2.16. The van der Waals surface area contributed by atoms with Crippen molar-refractivity contribution >= 4 is 101 Å². The molecule has 14 amide bonds. The molecule has 108 heavy (non-hydrogen) atoms. The van der Waals surface area contributed by atoms with E-state index in [-0.39, 0.29) is 126 Å². The first-order valence-electron chi connectivity index (χ1n) is 36.4. The Kier molecular flexibility index (Phi) is 46.6. The number of carbonyl (C=O) groups excluding carboxylic acids is 15. The number of phenols is 1. The number of hydrogen-bond acceptors (Lipinski definition) is 21. The van der Waals surface area contributed by atoms with E-state index < -0.39 is 181 Å². The Morgan fingerprint density at radius 1 is 0.426 bits per heavy atom. The van der Waals surface area contributed by atoms with Gasteiger partial charge in [0.25, 0.3) is 0 Å². The fourth-order valence-electron chi connectivity index (χ4n) is 10.8. The highest BCUT2D eigenvalue weighted by Gasteiger charge is 2.37. The Bertz CT molecular complexity index is 3150. The van der Waals surface area contributed by atoms with Crippen LogP contribution in [0.4, 0.5) is 0 Å². The number of benzene rings is 1. The molecule has 1 aromatic rings. The molecular formula is C69H120N23O16. The van der Waals surface area contributed by atoms with Gasteiger partial charge in [-0.1, -0.05) is 60.6 Å². The van der Waals surface area contributed by atoms with Gasteiger partial charge in [0.15, 0.2) is 11.9 Å². The van der Waals surface area contributed by atoms with Gasteiger partial charge in [-0.15, -0.1) is 0 Å². The van der Waals surface area contributed by atoms with Gasteiger partial charge in [-0.25, -0.2) is 0 Å². The topological polar surface area (TPSA) is 680 Å². The summed E-state index contributed by atoms with van der Waals surface area (Å²) in [5.41, 5.74) is 50.9. The summed E-state index contributed by atoms with van der Waals surface area (Å²) in [6, 6.07) is -9.86. The number of phenolic OH excluding ortho intramolecular Hbond substituents is 1. The van der Waals surface area contributed by atoms with Crippen LogP contribution in [0.15, 0.2) is 34.3 Å².